The van der Waals surface area contributed by atoms with E-state index in [-0.39, 0.29) is 0 Å². The van der Waals surface area contributed by atoms with Crippen LogP contribution in [0.1, 0.15) is 16.3 Å². The Kier molecular flexibility index (Phi) is 3.97. The number of benzene rings is 1. The molecule has 0 aliphatic heterocycles. The minimum absolute atomic E-state index is 0.700. The normalized spacial score (nSPS) is 10.7. The molecule has 0 amide bonds. The number of hydrogen-bond donors (Lipinski definition) is 1. The van der Waals surface area contributed by atoms with Gasteiger partial charge in [-0.25, -0.2) is 9.97 Å². The van der Waals surface area contributed by atoms with Crippen molar-refractivity contribution in [1.82, 2.24) is 9.97 Å². The number of nitrogens with zero attached hydrogens (tertiary/aromatic N) is 2. The summed E-state index contributed by atoms with van der Waals surface area (Å²) in [6.07, 6.45) is 2.58. The quantitative estimate of drug-likeness (QED) is 0.717. The van der Waals surface area contributed by atoms with Crippen LogP contribution < -0.4 is 5.32 Å². The lowest BCUT2D eigenvalue weighted by atomic mass is 10.1. The molecule has 0 fully saturated rings. The predicted octanol–water partition coefficient (Wildman–Crippen LogP) is 4.19. The van der Waals surface area contributed by atoms with Crippen molar-refractivity contribution in [2.45, 2.75) is 13.3 Å². The average Bonchev–Trinajstić information content (AvgIpc) is 2.86. The van der Waals surface area contributed by atoms with E-state index in [0.717, 1.165) is 28.3 Å². The zero-order valence-corrected chi connectivity index (χ0v) is 12.8. The molecule has 21 heavy (non-hydrogen) atoms. The van der Waals surface area contributed by atoms with Gasteiger partial charge in [0.05, 0.1) is 5.39 Å². The van der Waals surface area contributed by atoms with Gasteiger partial charge >= 0.3 is 0 Å². The number of aryl methyl sites for hydroxylation is 1. The Labute approximate surface area is 128 Å². The van der Waals surface area contributed by atoms with Gasteiger partial charge < -0.3 is 5.32 Å². The van der Waals surface area contributed by atoms with Crippen molar-refractivity contribution in [2.24, 2.45) is 0 Å². The first-order chi connectivity index (χ1) is 10.3. The van der Waals surface area contributed by atoms with Crippen molar-refractivity contribution >= 4 is 27.4 Å². The maximum absolute atomic E-state index is 4.70. The second-order valence-electron chi connectivity index (χ2n) is 4.90. The van der Waals surface area contributed by atoms with Crippen LogP contribution in [-0.4, -0.2) is 16.5 Å². The molecule has 0 aliphatic carbocycles. The van der Waals surface area contributed by atoms with Crippen LogP contribution in [0, 0.1) is 6.92 Å². The largest absolute Gasteiger partial charge is 0.366 e. The van der Waals surface area contributed by atoms with Gasteiger partial charge in [0.25, 0.3) is 0 Å². The van der Waals surface area contributed by atoms with Crippen LogP contribution in [0.5, 0.6) is 0 Å². The number of thiophene rings is 1. The molecule has 0 unspecified atom stereocenters. The third-order valence-electron chi connectivity index (χ3n) is 3.18. The summed E-state index contributed by atoms with van der Waals surface area (Å²) < 4.78 is 0. The molecule has 0 bridgehead atoms. The van der Waals surface area contributed by atoms with Crippen LogP contribution in [0.2, 0.25) is 0 Å². The van der Waals surface area contributed by atoms with Crippen molar-refractivity contribution < 1.29 is 0 Å². The monoisotopic (exact) mass is 295 g/mol. The molecule has 3 rings (SSSR count). The molecule has 2 heterocycles. The fraction of sp³-hybridized carbons (Fsp3) is 0.176. The summed E-state index contributed by atoms with van der Waals surface area (Å²) in [7, 11) is 0. The van der Waals surface area contributed by atoms with Crippen LogP contribution in [0.15, 0.2) is 49.1 Å². The lowest BCUT2D eigenvalue weighted by Crippen LogP contribution is -2.05. The summed E-state index contributed by atoms with van der Waals surface area (Å²) in [5, 5.41) is 4.41. The second kappa shape index (κ2) is 6.06. The van der Waals surface area contributed by atoms with E-state index in [9.17, 15) is 0 Å². The van der Waals surface area contributed by atoms with E-state index >= 15 is 0 Å². The SMILES string of the molecule is C=CCNc1nc(Cc2ccccc2)nc2sc(C)cc12. The molecule has 0 aliphatic rings. The van der Waals surface area contributed by atoms with Crippen LogP contribution in [0.4, 0.5) is 5.82 Å². The van der Waals surface area contributed by atoms with Crippen molar-refractivity contribution in [3.05, 3.63) is 65.3 Å². The fourth-order valence-corrected chi connectivity index (χ4v) is 3.15. The predicted molar refractivity (Wildman–Crippen MR) is 90.1 cm³/mol. The summed E-state index contributed by atoms with van der Waals surface area (Å²) in [5.41, 5.74) is 1.22. The third kappa shape index (κ3) is 3.11. The Morgan fingerprint density at radius 1 is 1.24 bits per heavy atom. The van der Waals surface area contributed by atoms with Gasteiger partial charge in [-0.1, -0.05) is 36.4 Å². The molecule has 0 atom stereocenters. The third-order valence-corrected chi connectivity index (χ3v) is 4.13. The fourth-order valence-electron chi connectivity index (χ4n) is 2.25. The maximum atomic E-state index is 4.70. The molecule has 1 aromatic carbocycles. The van der Waals surface area contributed by atoms with Crippen molar-refractivity contribution in [3.63, 3.8) is 0 Å². The van der Waals surface area contributed by atoms with Crippen LogP contribution in [0.25, 0.3) is 10.2 Å². The highest BCUT2D eigenvalue weighted by Crippen LogP contribution is 2.28. The van der Waals surface area contributed by atoms with E-state index < -0.39 is 0 Å². The van der Waals surface area contributed by atoms with E-state index in [1.54, 1.807) is 11.3 Å². The molecule has 0 spiro atoms. The Balaban J connectivity index is 2.00. The first-order valence-corrected chi connectivity index (χ1v) is 7.73. The zero-order chi connectivity index (χ0) is 14.7. The molecule has 2 aromatic heterocycles. The molecule has 0 radical (unpaired) electrons. The minimum Gasteiger partial charge on any atom is -0.366 e. The van der Waals surface area contributed by atoms with Crippen molar-refractivity contribution in [1.29, 1.82) is 0 Å². The first kappa shape index (κ1) is 13.8. The molecular formula is C17H17N3S. The van der Waals surface area contributed by atoms with Gasteiger partial charge in [0.1, 0.15) is 16.5 Å². The molecule has 0 saturated carbocycles. The Bertz CT molecular complexity index is 762. The molecule has 1 N–H and O–H groups in total. The molecule has 3 aromatic rings. The average molecular weight is 295 g/mol. The number of anilines is 1. The summed E-state index contributed by atoms with van der Waals surface area (Å²) in [5.74, 6) is 1.75. The number of aromatic nitrogens is 2. The van der Waals surface area contributed by atoms with Crippen LogP contribution in [0.3, 0.4) is 0 Å². The lowest BCUT2D eigenvalue weighted by molar-refractivity contribution is 0.994. The smallest absolute Gasteiger partial charge is 0.138 e. The maximum Gasteiger partial charge on any atom is 0.138 e. The van der Waals surface area contributed by atoms with E-state index in [0.29, 0.717) is 6.54 Å². The molecule has 4 heteroatoms. The van der Waals surface area contributed by atoms with Gasteiger partial charge in [0, 0.05) is 17.8 Å². The molecule has 106 valence electrons. The highest BCUT2D eigenvalue weighted by atomic mass is 32.1. The van der Waals surface area contributed by atoms with Gasteiger partial charge in [-0.3, -0.25) is 0 Å². The summed E-state index contributed by atoms with van der Waals surface area (Å²) >= 11 is 1.71. The van der Waals surface area contributed by atoms with Gasteiger partial charge in [-0.05, 0) is 18.6 Å². The number of nitrogens with one attached hydrogen (secondary N) is 1. The lowest BCUT2D eigenvalue weighted by Gasteiger charge is -2.07. The Morgan fingerprint density at radius 3 is 2.81 bits per heavy atom. The zero-order valence-electron chi connectivity index (χ0n) is 12.0. The summed E-state index contributed by atoms with van der Waals surface area (Å²) in [4.78, 5) is 11.7. The van der Waals surface area contributed by atoms with Gasteiger partial charge in [0.15, 0.2) is 0 Å². The van der Waals surface area contributed by atoms with Crippen molar-refractivity contribution in [2.75, 3.05) is 11.9 Å². The van der Waals surface area contributed by atoms with E-state index in [1.807, 2.05) is 24.3 Å². The van der Waals surface area contributed by atoms with E-state index in [4.69, 9.17) is 4.98 Å². The topological polar surface area (TPSA) is 37.8 Å². The van der Waals surface area contributed by atoms with Crippen LogP contribution in [-0.2, 0) is 6.42 Å². The number of rotatable bonds is 5. The van der Waals surface area contributed by atoms with E-state index in [2.05, 4.69) is 42.0 Å². The molecular weight excluding hydrogens is 278 g/mol. The number of hydrogen-bond acceptors (Lipinski definition) is 4. The first-order valence-electron chi connectivity index (χ1n) is 6.92. The van der Waals surface area contributed by atoms with Gasteiger partial charge in [-0.2, -0.15) is 0 Å². The van der Waals surface area contributed by atoms with Gasteiger partial charge in [-0.15, -0.1) is 17.9 Å². The Morgan fingerprint density at radius 2 is 2.05 bits per heavy atom. The summed E-state index contributed by atoms with van der Waals surface area (Å²) in [6.45, 7) is 6.55. The highest BCUT2D eigenvalue weighted by Gasteiger charge is 2.10. The van der Waals surface area contributed by atoms with E-state index in [1.165, 1.54) is 10.4 Å². The van der Waals surface area contributed by atoms with Crippen LogP contribution >= 0.6 is 11.3 Å². The second-order valence-corrected chi connectivity index (χ2v) is 6.13. The molecule has 3 nitrogen and oxygen atoms in total. The molecule has 0 saturated heterocycles. The van der Waals surface area contributed by atoms with Gasteiger partial charge in [0.2, 0.25) is 0 Å². The standard InChI is InChI=1S/C17H17N3S/c1-3-9-18-16-14-10-12(2)21-17(14)20-15(19-16)11-13-7-5-4-6-8-13/h3-8,10H,1,9,11H2,2H3,(H,18,19,20). The van der Waals surface area contributed by atoms with Crippen molar-refractivity contribution in [3.8, 4) is 0 Å². The number of fused-ring (bicyclic) bond motifs is 1. The summed E-state index contributed by atoms with van der Waals surface area (Å²) in [6, 6.07) is 12.4. The highest BCUT2D eigenvalue weighted by molar-refractivity contribution is 7.18. The Hall–Kier alpha value is -2.20. The minimum atomic E-state index is 0.700.